The molecule has 2 aromatic rings. The Labute approximate surface area is 185 Å². The summed E-state index contributed by atoms with van der Waals surface area (Å²) in [6.45, 7) is 1.06. The lowest BCUT2D eigenvalue weighted by Gasteiger charge is -2.20. The van der Waals surface area contributed by atoms with E-state index in [1.807, 2.05) is 0 Å². The summed E-state index contributed by atoms with van der Waals surface area (Å²) < 4.78 is 27.2. The van der Waals surface area contributed by atoms with Crippen LogP contribution in [0.15, 0.2) is 53.4 Å². The summed E-state index contributed by atoms with van der Waals surface area (Å²) >= 11 is 5.13. The van der Waals surface area contributed by atoms with Crippen molar-refractivity contribution in [2.45, 2.75) is 30.6 Å². The molecule has 164 valence electrons. The molecule has 0 atom stereocenters. The number of benzene rings is 2. The van der Waals surface area contributed by atoms with E-state index < -0.39 is 20.9 Å². The maximum absolute atomic E-state index is 12.8. The van der Waals surface area contributed by atoms with Crippen molar-refractivity contribution in [1.29, 1.82) is 0 Å². The van der Waals surface area contributed by atoms with Gasteiger partial charge in [-0.1, -0.05) is 12.8 Å². The van der Waals surface area contributed by atoms with Crippen LogP contribution in [0.5, 0.6) is 0 Å². The van der Waals surface area contributed by atoms with Crippen LogP contribution < -0.4 is 10.6 Å². The van der Waals surface area contributed by atoms with Gasteiger partial charge in [-0.2, -0.15) is 4.31 Å². The number of carbonyl (C=O) groups excluding carboxylic acids is 1. The molecule has 1 amide bonds. The fraction of sp³-hybridized carbons (Fsp3) is 0.300. The summed E-state index contributed by atoms with van der Waals surface area (Å²) in [6, 6.07) is 11.3. The Hall–Kier alpha value is -2.89. The second-order valence-corrected chi connectivity index (χ2v) is 9.40. The first-order valence-corrected chi connectivity index (χ1v) is 11.6. The molecule has 3 rings (SSSR count). The van der Waals surface area contributed by atoms with Crippen molar-refractivity contribution in [2.75, 3.05) is 18.4 Å². The fourth-order valence-corrected chi connectivity index (χ4v) is 4.94. The lowest BCUT2D eigenvalue weighted by atomic mass is 10.2. The van der Waals surface area contributed by atoms with Crippen LogP contribution in [0.25, 0.3) is 0 Å². The van der Waals surface area contributed by atoms with Gasteiger partial charge in [0.2, 0.25) is 10.0 Å². The smallest absolute Gasteiger partial charge is 0.269 e. The Morgan fingerprint density at radius 2 is 1.55 bits per heavy atom. The average molecular weight is 463 g/mol. The van der Waals surface area contributed by atoms with Gasteiger partial charge < -0.3 is 5.32 Å². The molecule has 1 aliphatic rings. The van der Waals surface area contributed by atoms with Gasteiger partial charge in [-0.3, -0.25) is 20.2 Å². The molecule has 11 heteroatoms. The van der Waals surface area contributed by atoms with Crippen LogP contribution in [0.2, 0.25) is 0 Å². The van der Waals surface area contributed by atoms with Crippen molar-refractivity contribution in [2.24, 2.45) is 0 Å². The zero-order valence-corrected chi connectivity index (χ0v) is 18.2. The standard InChI is InChI=1S/C20H22N4O5S2/c25-19(15-5-9-17(10-6-15)24(26)27)22-20(30)21-16-7-11-18(12-8-16)31(28,29)23-13-3-1-2-4-14-23/h5-12H,1-4,13-14H2,(H2,21,22,25,30). The summed E-state index contributed by atoms with van der Waals surface area (Å²) in [7, 11) is -3.54. The van der Waals surface area contributed by atoms with E-state index in [-0.39, 0.29) is 21.3 Å². The number of nitrogens with one attached hydrogen (secondary N) is 2. The molecule has 9 nitrogen and oxygen atoms in total. The SMILES string of the molecule is O=C(NC(=S)Nc1ccc(S(=O)(=O)N2CCCCCC2)cc1)c1ccc([N+](=O)[O-])cc1. The minimum absolute atomic E-state index is 0.0199. The van der Waals surface area contributed by atoms with Crippen LogP contribution in [0.3, 0.4) is 0 Å². The van der Waals surface area contributed by atoms with Gasteiger partial charge in [-0.05, 0) is 61.5 Å². The number of hydrogen-bond donors (Lipinski definition) is 2. The van der Waals surface area contributed by atoms with E-state index in [1.165, 1.54) is 40.7 Å². The molecule has 1 aliphatic heterocycles. The van der Waals surface area contributed by atoms with Crippen LogP contribution in [0.4, 0.5) is 11.4 Å². The Kier molecular flexibility index (Phi) is 7.31. The topological polar surface area (TPSA) is 122 Å². The average Bonchev–Trinajstić information content (AvgIpc) is 3.04. The summed E-state index contributed by atoms with van der Waals surface area (Å²) in [5, 5.41) is 16.0. The Morgan fingerprint density at radius 1 is 0.968 bits per heavy atom. The van der Waals surface area contributed by atoms with Gasteiger partial charge in [0.1, 0.15) is 0 Å². The number of anilines is 1. The van der Waals surface area contributed by atoms with Crippen molar-refractivity contribution in [3.8, 4) is 0 Å². The van der Waals surface area contributed by atoms with Crippen LogP contribution in [0.1, 0.15) is 36.0 Å². The van der Waals surface area contributed by atoms with Gasteiger partial charge >= 0.3 is 0 Å². The first-order chi connectivity index (χ1) is 14.8. The van der Waals surface area contributed by atoms with Gasteiger partial charge in [-0.25, -0.2) is 8.42 Å². The van der Waals surface area contributed by atoms with E-state index in [0.29, 0.717) is 18.8 Å². The molecule has 0 spiro atoms. The quantitative estimate of drug-likeness (QED) is 0.397. The summed E-state index contributed by atoms with van der Waals surface area (Å²) in [6.07, 6.45) is 3.80. The van der Waals surface area contributed by atoms with Crippen molar-refractivity contribution in [3.05, 3.63) is 64.2 Å². The zero-order chi connectivity index (χ0) is 22.4. The van der Waals surface area contributed by atoms with Crippen LogP contribution in [-0.2, 0) is 10.0 Å². The van der Waals surface area contributed by atoms with Crippen molar-refractivity contribution < 1.29 is 18.1 Å². The van der Waals surface area contributed by atoms with E-state index >= 15 is 0 Å². The number of hydrogen-bond acceptors (Lipinski definition) is 6. The largest absolute Gasteiger partial charge is 0.332 e. The van der Waals surface area contributed by atoms with Crippen LogP contribution >= 0.6 is 12.2 Å². The van der Waals surface area contributed by atoms with Gasteiger partial charge in [-0.15, -0.1) is 0 Å². The third kappa shape index (κ3) is 5.84. The maximum Gasteiger partial charge on any atom is 0.269 e. The number of nitro groups is 1. The first-order valence-electron chi connectivity index (χ1n) is 9.74. The molecule has 0 unspecified atom stereocenters. The molecular weight excluding hydrogens is 440 g/mol. The Morgan fingerprint density at radius 3 is 2.10 bits per heavy atom. The highest BCUT2D eigenvalue weighted by atomic mass is 32.2. The van der Waals surface area contributed by atoms with Crippen molar-refractivity contribution in [3.63, 3.8) is 0 Å². The van der Waals surface area contributed by atoms with Gasteiger partial charge in [0.25, 0.3) is 11.6 Å². The molecule has 2 N–H and O–H groups in total. The highest BCUT2D eigenvalue weighted by Crippen LogP contribution is 2.22. The van der Waals surface area contributed by atoms with Crippen molar-refractivity contribution in [1.82, 2.24) is 9.62 Å². The normalized spacial score (nSPS) is 15.0. The number of amides is 1. The van der Waals surface area contributed by atoms with E-state index in [9.17, 15) is 23.3 Å². The van der Waals surface area contributed by atoms with E-state index in [2.05, 4.69) is 10.6 Å². The van der Waals surface area contributed by atoms with Gasteiger partial charge in [0.05, 0.1) is 9.82 Å². The highest BCUT2D eigenvalue weighted by Gasteiger charge is 2.25. The van der Waals surface area contributed by atoms with Crippen LogP contribution in [0, 0.1) is 10.1 Å². The third-order valence-electron chi connectivity index (χ3n) is 4.88. The van der Waals surface area contributed by atoms with E-state index in [0.717, 1.165) is 25.7 Å². The lowest BCUT2D eigenvalue weighted by molar-refractivity contribution is -0.384. The number of non-ortho nitro benzene ring substituents is 1. The number of carbonyl (C=O) groups is 1. The van der Waals surface area contributed by atoms with E-state index in [1.54, 1.807) is 12.1 Å². The monoisotopic (exact) mass is 462 g/mol. The molecule has 1 fully saturated rings. The number of sulfonamides is 1. The maximum atomic E-state index is 12.8. The van der Waals surface area contributed by atoms with Crippen LogP contribution in [-0.4, -0.2) is 41.8 Å². The fourth-order valence-electron chi connectivity index (χ4n) is 3.21. The van der Waals surface area contributed by atoms with E-state index in [4.69, 9.17) is 12.2 Å². The molecular formula is C20H22N4O5S2. The molecule has 0 aromatic heterocycles. The zero-order valence-electron chi connectivity index (χ0n) is 16.6. The molecule has 1 saturated heterocycles. The number of nitro benzene ring substituents is 1. The Balaban J connectivity index is 1.60. The molecule has 0 aliphatic carbocycles. The summed E-state index contributed by atoms with van der Waals surface area (Å²) in [5.74, 6) is -0.521. The molecule has 0 saturated carbocycles. The van der Waals surface area contributed by atoms with Crippen molar-refractivity contribution >= 4 is 44.6 Å². The molecule has 0 radical (unpaired) electrons. The summed E-state index contributed by atoms with van der Waals surface area (Å²) in [4.78, 5) is 22.6. The number of thiocarbonyl (C=S) groups is 1. The second kappa shape index (κ2) is 9.94. The number of nitrogens with zero attached hydrogens (tertiary/aromatic N) is 2. The predicted octanol–water partition coefficient (Wildman–Crippen LogP) is 3.29. The Bertz CT molecular complexity index is 1060. The van der Waals surface area contributed by atoms with Gasteiger partial charge in [0.15, 0.2) is 5.11 Å². The number of rotatable bonds is 5. The predicted molar refractivity (Wildman–Crippen MR) is 120 cm³/mol. The first kappa shape index (κ1) is 22.8. The minimum atomic E-state index is -3.54. The van der Waals surface area contributed by atoms with Gasteiger partial charge in [0, 0.05) is 36.5 Å². The molecule has 31 heavy (non-hydrogen) atoms. The second-order valence-electron chi connectivity index (χ2n) is 7.05. The molecule has 0 bridgehead atoms. The lowest BCUT2D eigenvalue weighted by Crippen LogP contribution is -2.34. The summed E-state index contributed by atoms with van der Waals surface area (Å²) in [5.41, 5.74) is 0.616. The third-order valence-corrected chi connectivity index (χ3v) is 7.00. The molecule has 2 aromatic carbocycles. The molecule has 1 heterocycles. The highest BCUT2D eigenvalue weighted by molar-refractivity contribution is 7.89. The minimum Gasteiger partial charge on any atom is -0.332 e.